The third-order valence-electron chi connectivity index (χ3n) is 13.1. The fourth-order valence-electron chi connectivity index (χ4n) is 9.93. The highest BCUT2D eigenvalue weighted by atomic mass is 32.2. The fraction of sp³-hybridized carbons (Fsp3) is 0.362. The molecule has 0 fully saturated rings. The lowest BCUT2D eigenvalue weighted by Gasteiger charge is -2.30. The Hall–Kier alpha value is -5.19. The predicted octanol–water partition coefficient (Wildman–Crippen LogP) is 6.69. The molecule has 2 unspecified atom stereocenters. The molecule has 0 saturated heterocycles. The third kappa shape index (κ3) is 11.8. The van der Waals surface area contributed by atoms with Crippen molar-refractivity contribution in [2.24, 2.45) is 0 Å². The van der Waals surface area contributed by atoms with E-state index >= 15 is 0 Å². The molecule has 2 aliphatic heterocycles. The van der Waals surface area contributed by atoms with Gasteiger partial charge in [-0.1, -0.05) is 36.4 Å². The van der Waals surface area contributed by atoms with Crippen LogP contribution in [0.4, 0.5) is 11.4 Å². The number of fused-ring (bicyclic) bond motifs is 6. The largest absolute Gasteiger partial charge is 0.744 e. The van der Waals surface area contributed by atoms with Gasteiger partial charge < -0.3 is 19.3 Å². The maximum Gasteiger partial charge on any atom is 0.303 e. The zero-order chi connectivity index (χ0) is 53.4. The second-order valence-electron chi connectivity index (χ2n) is 17.8. The third-order valence-corrected chi connectivity index (χ3v) is 17.3. The number of allylic oxidation sites excluding steroid dienone is 8. The van der Waals surface area contributed by atoms with Crippen molar-refractivity contribution in [2.45, 2.75) is 96.1 Å². The van der Waals surface area contributed by atoms with E-state index in [-0.39, 0.29) is 53.8 Å². The zero-order valence-corrected chi connectivity index (χ0v) is 43.5. The Morgan fingerprint density at radius 3 is 1.85 bits per heavy atom. The average Bonchev–Trinajstić information content (AvgIpc) is 3.65. The smallest absolute Gasteiger partial charge is 0.303 e. The van der Waals surface area contributed by atoms with Gasteiger partial charge >= 0.3 is 5.97 Å². The molecule has 5 N–H and O–H groups in total. The molecule has 4 aromatic carbocycles. The lowest BCUT2D eigenvalue weighted by atomic mass is 9.75. The molecule has 0 aliphatic carbocycles. The number of carboxylic acid groups (broad SMARTS) is 1. The van der Waals surface area contributed by atoms with Crippen LogP contribution in [-0.2, 0) is 71.0 Å². The molecule has 4 aromatic rings. The van der Waals surface area contributed by atoms with Crippen molar-refractivity contribution in [3.05, 3.63) is 108 Å². The van der Waals surface area contributed by atoms with Crippen molar-refractivity contribution < 1.29 is 84.1 Å². The van der Waals surface area contributed by atoms with E-state index in [1.54, 1.807) is 61.6 Å². The Labute approximate surface area is 418 Å². The van der Waals surface area contributed by atoms with Gasteiger partial charge in [-0.05, 0) is 112 Å². The standard InChI is InChI=1S/C47H54N2O18S5/c1-5-48-37-20-18-33-35(27-31(69(55,56)57)29-39(33)71(61,62)63)44(37)46(2,22-14-26-68(52,53)54)41(48)15-10-7-6-8-11-16-42-47(3,23-25-67-4)45-36-28-32(70(58,59)60)30-40(72(64,65)66)34(36)19-21-38(45)49(42)24-13-9-12-17-43(50)51/h6-8,10-11,15-16,18-21,27-30H,5,9,12-14,17,22-26H2,1-4H3,(H5-,50,51,52,53,54,55,56,57,58,59,60,61,62,63,64,65,66). The first-order valence-electron chi connectivity index (χ1n) is 22.3. The number of ether oxygens (including phenoxy) is 1. The molecule has 0 amide bonds. The van der Waals surface area contributed by atoms with Crippen LogP contribution >= 0.6 is 0 Å². The Balaban J connectivity index is 1.45. The molecule has 0 aromatic heterocycles. The summed E-state index contributed by atoms with van der Waals surface area (Å²) in [5.74, 6) is -1.59. The van der Waals surface area contributed by atoms with E-state index in [0.29, 0.717) is 78.4 Å². The van der Waals surface area contributed by atoms with Crippen LogP contribution in [0.2, 0.25) is 0 Å². The maximum atomic E-state index is 12.6. The summed E-state index contributed by atoms with van der Waals surface area (Å²) in [4.78, 5) is 9.88. The van der Waals surface area contributed by atoms with E-state index in [1.807, 2.05) is 23.3 Å². The quantitative estimate of drug-likeness (QED) is 0.0237. The number of anilines is 1. The molecule has 0 saturated carbocycles. The molecule has 0 bridgehead atoms. The van der Waals surface area contributed by atoms with Crippen LogP contribution in [0.15, 0.2) is 116 Å². The normalized spacial score (nSPS) is 19.6. The van der Waals surface area contributed by atoms with Gasteiger partial charge in [0.1, 0.15) is 21.6 Å². The first-order valence-corrected chi connectivity index (χ1v) is 29.6. The van der Waals surface area contributed by atoms with Crippen LogP contribution in [0.25, 0.3) is 21.5 Å². The van der Waals surface area contributed by atoms with Gasteiger partial charge in [-0.15, -0.1) is 0 Å². The summed E-state index contributed by atoms with van der Waals surface area (Å²) >= 11 is 0. The van der Waals surface area contributed by atoms with Crippen LogP contribution < -0.4 is 4.90 Å². The van der Waals surface area contributed by atoms with Crippen LogP contribution in [0.3, 0.4) is 0 Å². The van der Waals surface area contributed by atoms with Crippen LogP contribution in [-0.4, -0.2) is 119 Å². The molecule has 2 aliphatic rings. The summed E-state index contributed by atoms with van der Waals surface area (Å²) in [5.41, 5.74) is 0.858. The minimum absolute atomic E-state index is 0.0320. The SMILES string of the molecule is CCN1C(=CC=CC=CC=CC2=[N+](CCCCCC(=O)O)c3ccc4c(S(=O)(=O)[O-])cc(S(=O)(=O)O)cc4c3C2(C)CCOC)C(C)(CCCS(=O)(=O)O)c2c1ccc1c(S(=O)(=O)O)cc(S(=O)(=O)O)cc21. The zero-order valence-electron chi connectivity index (χ0n) is 39.4. The summed E-state index contributed by atoms with van der Waals surface area (Å²) in [6, 6.07) is 9.44. The second-order valence-corrected chi connectivity index (χ2v) is 24.9. The van der Waals surface area contributed by atoms with Crippen LogP contribution in [0.5, 0.6) is 0 Å². The summed E-state index contributed by atoms with van der Waals surface area (Å²) in [6.45, 7) is 6.22. The topological polar surface area (TPSA) is 327 Å². The minimum atomic E-state index is -5.27. The van der Waals surface area contributed by atoms with E-state index in [2.05, 4.69) is 0 Å². The Morgan fingerprint density at radius 2 is 1.28 bits per heavy atom. The molecule has 20 nitrogen and oxygen atoms in total. The number of aliphatic carboxylic acids is 1. The van der Waals surface area contributed by atoms with Crippen molar-refractivity contribution >= 4 is 95.2 Å². The summed E-state index contributed by atoms with van der Waals surface area (Å²) < 4.78 is 184. The van der Waals surface area contributed by atoms with Gasteiger partial charge in [-0.2, -0.15) is 38.2 Å². The average molecular weight is 1100 g/mol. The lowest BCUT2D eigenvalue weighted by molar-refractivity contribution is -0.438. The molecule has 2 heterocycles. The van der Waals surface area contributed by atoms with Gasteiger partial charge in [0.05, 0.1) is 25.9 Å². The highest BCUT2D eigenvalue weighted by Gasteiger charge is 2.49. The molecule has 25 heteroatoms. The van der Waals surface area contributed by atoms with Crippen molar-refractivity contribution in [3.8, 4) is 0 Å². The van der Waals surface area contributed by atoms with Gasteiger partial charge in [0.15, 0.2) is 5.71 Å². The highest BCUT2D eigenvalue weighted by molar-refractivity contribution is 7.87. The molecule has 6 rings (SSSR count). The number of unbranched alkanes of at least 4 members (excludes halogenated alkanes) is 2. The molecule has 2 atom stereocenters. The maximum absolute atomic E-state index is 12.6. The molecule has 0 spiro atoms. The number of nitrogens with zero attached hydrogens (tertiary/aromatic N) is 2. The Bertz CT molecular complexity index is 3600. The molecular formula is C47H54N2O18S5. The van der Waals surface area contributed by atoms with E-state index in [1.165, 1.54) is 19.2 Å². The van der Waals surface area contributed by atoms with Crippen molar-refractivity contribution in [1.29, 1.82) is 0 Å². The predicted molar refractivity (Wildman–Crippen MR) is 267 cm³/mol. The number of hydrogen-bond donors (Lipinski definition) is 5. The number of rotatable bonds is 22. The van der Waals surface area contributed by atoms with Crippen molar-refractivity contribution in [2.75, 3.05) is 37.5 Å². The summed E-state index contributed by atoms with van der Waals surface area (Å²) in [5, 5.41) is 9.22. The van der Waals surface area contributed by atoms with Gasteiger partial charge in [-0.3, -0.25) is 23.0 Å². The Kier molecular flexibility index (Phi) is 16.3. The summed E-state index contributed by atoms with van der Waals surface area (Å²) in [7, 11) is -23.3. The second kappa shape index (κ2) is 21.0. The monoisotopic (exact) mass is 1090 g/mol. The van der Waals surface area contributed by atoms with E-state index in [9.17, 15) is 74.8 Å². The van der Waals surface area contributed by atoms with Gasteiger partial charge in [0, 0.05) is 78.4 Å². The van der Waals surface area contributed by atoms with Crippen LogP contribution in [0.1, 0.15) is 76.8 Å². The van der Waals surface area contributed by atoms with Crippen molar-refractivity contribution in [1.82, 2.24) is 0 Å². The van der Waals surface area contributed by atoms with Gasteiger partial charge in [0.2, 0.25) is 5.69 Å². The minimum Gasteiger partial charge on any atom is -0.744 e. The molecular weight excluding hydrogens is 1040 g/mol. The van der Waals surface area contributed by atoms with E-state index < -0.39 is 92.7 Å². The van der Waals surface area contributed by atoms with Crippen LogP contribution in [0, 0.1) is 0 Å². The first-order chi connectivity index (χ1) is 33.4. The first kappa shape index (κ1) is 56.1. The fourth-order valence-corrected chi connectivity index (χ4v) is 13.1. The van der Waals surface area contributed by atoms with Gasteiger partial charge in [-0.25, -0.2) is 8.42 Å². The molecule has 0 radical (unpaired) electrons. The van der Waals surface area contributed by atoms with E-state index in [4.69, 9.17) is 4.74 Å². The number of carbonyl (C=O) groups is 1. The van der Waals surface area contributed by atoms with Crippen molar-refractivity contribution in [3.63, 3.8) is 0 Å². The Morgan fingerprint density at radius 1 is 0.694 bits per heavy atom. The highest BCUT2D eigenvalue weighted by Crippen LogP contribution is 2.54. The van der Waals surface area contributed by atoms with Gasteiger partial charge in [0.25, 0.3) is 40.5 Å². The number of likely N-dealkylation sites (N-methyl/N-ethyl adjacent to an activating group) is 1. The number of methoxy groups -OCH3 is 1. The number of carboxylic acids is 1. The number of benzene rings is 4. The van der Waals surface area contributed by atoms with E-state index in [0.717, 1.165) is 12.1 Å². The molecule has 390 valence electrons. The summed E-state index contributed by atoms with van der Waals surface area (Å²) in [6.07, 6.45) is 13.5. The lowest BCUT2D eigenvalue weighted by Crippen LogP contribution is -2.33. The number of hydrogen-bond acceptors (Lipinski definition) is 14. The molecule has 72 heavy (non-hydrogen) atoms.